The van der Waals surface area contributed by atoms with Crippen molar-refractivity contribution in [1.29, 1.82) is 0 Å². The molecule has 0 N–H and O–H groups in total. The summed E-state index contributed by atoms with van der Waals surface area (Å²) >= 11 is 0. The Balaban J connectivity index is 0.00000294. The predicted molar refractivity (Wildman–Crippen MR) is 325 cm³/mol. The molecule has 3 aliphatic heterocycles. The summed E-state index contributed by atoms with van der Waals surface area (Å²) in [7, 11) is -0.309. The van der Waals surface area contributed by atoms with Gasteiger partial charge in [0, 0.05) is 18.9 Å². The lowest BCUT2D eigenvalue weighted by atomic mass is 9.33. The molecule has 12 nitrogen and oxygen atoms in total. The first-order valence-electron chi connectivity index (χ1n) is 33.0. The number of methoxy groups -OCH3 is 1. The number of Topliss-reactive ketones (excluding diaryl/α,β-unsaturated/α-hetero) is 1. The zero-order valence-corrected chi connectivity index (χ0v) is 55.9. The maximum atomic E-state index is 14.6. The average molecular weight is 1170 g/mol. The lowest BCUT2D eigenvalue weighted by Gasteiger charge is -2.72. The SMILES string of the molecule is CCC1O[C@@H](OC2[C@H](O[C@H]3CCC4(C)C5CC=C6C7CC(C)(C)CC[C@]7(C(C)=O)C(OC)C[C@@]6(C)[C@@]5(C)CC[C@H]4[C@@]3(C)C=O)OC(Cc3ccccc3)[C@@H](C)[C@@H]2O[C@@H]2O[C@@H](C)[C@H](C)C(C)C2C)C(O[Si](CC)(CC)CC)[C@@H](C)[C@H]1C.O=C=O. The van der Waals surface area contributed by atoms with Gasteiger partial charge in [-0.3, -0.25) is 4.79 Å². The summed E-state index contributed by atoms with van der Waals surface area (Å²) in [6.07, 6.45) is 9.40. The van der Waals surface area contributed by atoms with Crippen molar-refractivity contribution in [2.75, 3.05) is 7.11 Å². The Kier molecular flexibility index (Phi) is 20.5. The smallest absolute Gasteiger partial charge is 0.373 e. The summed E-state index contributed by atoms with van der Waals surface area (Å²) in [5.74, 6) is 2.01. The Morgan fingerprint density at radius 1 is 0.675 bits per heavy atom. The van der Waals surface area contributed by atoms with Gasteiger partial charge >= 0.3 is 6.15 Å². The fourth-order valence-electron chi connectivity index (χ4n) is 19.4. The number of allylic oxidation sites excluding steroid dienone is 2. The molecule has 0 spiro atoms. The van der Waals surface area contributed by atoms with Gasteiger partial charge in [0.25, 0.3) is 0 Å². The van der Waals surface area contributed by atoms with Gasteiger partial charge in [-0.15, -0.1) is 0 Å². The zero-order chi connectivity index (χ0) is 61.0. The number of hydrogen-bond acceptors (Lipinski definition) is 12. The van der Waals surface area contributed by atoms with Gasteiger partial charge in [-0.25, -0.2) is 0 Å². The quantitative estimate of drug-likeness (QED) is 0.0634. The third-order valence-electron chi connectivity index (χ3n) is 26.1. The summed E-state index contributed by atoms with van der Waals surface area (Å²) in [6, 6.07) is 13.7. The van der Waals surface area contributed by atoms with E-state index in [2.05, 4.69) is 154 Å². The lowest BCUT2D eigenvalue weighted by molar-refractivity contribution is -0.382. The molecule has 9 rings (SSSR count). The lowest BCUT2D eigenvalue weighted by Crippen LogP contribution is -2.68. The fourth-order valence-corrected chi connectivity index (χ4v) is 22.3. The molecule has 1 aromatic carbocycles. The normalized spacial score (nSPS) is 46.7. The van der Waals surface area contributed by atoms with Crippen LogP contribution in [0.4, 0.5) is 0 Å². The molecule has 25 atom stereocenters. The van der Waals surface area contributed by atoms with Crippen LogP contribution in [0, 0.1) is 85.8 Å². The van der Waals surface area contributed by atoms with Crippen LogP contribution < -0.4 is 0 Å². The van der Waals surface area contributed by atoms with Crippen molar-refractivity contribution in [2.24, 2.45) is 85.8 Å². The van der Waals surface area contributed by atoms with Crippen LogP contribution in [0.3, 0.4) is 0 Å². The molecular formula is C70H112O12Si. The molecule has 3 heterocycles. The molecular weight excluding hydrogens is 1060 g/mol. The summed E-state index contributed by atoms with van der Waals surface area (Å²) in [5, 5.41) is 0. The van der Waals surface area contributed by atoms with Gasteiger partial charge in [0.1, 0.15) is 18.2 Å². The highest BCUT2D eigenvalue weighted by Crippen LogP contribution is 2.76. The van der Waals surface area contributed by atoms with Crippen LogP contribution in [0.5, 0.6) is 0 Å². The second-order valence-corrected chi connectivity index (χ2v) is 34.8. The molecule has 13 heteroatoms. The van der Waals surface area contributed by atoms with E-state index in [1.165, 1.54) is 17.4 Å². The Bertz CT molecular complexity index is 2430. The van der Waals surface area contributed by atoms with E-state index in [1.807, 2.05) is 14.0 Å². The monoisotopic (exact) mass is 1170 g/mol. The zero-order valence-electron chi connectivity index (χ0n) is 54.9. The maximum Gasteiger partial charge on any atom is 0.373 e. The molecule has 5 aliphatic carbocycles. The van der Waals surface area contributed by atoms with Crippen LogP contribution in [0.2, 0.25) is 18.1 Å². The summed E-state index contributed by atoms with van der Waals surface area (Å²) < 4.78 is 58.9. The van der Waals surface area contributed by atoms with Gasteiger partial charge in [0.15, 0.2) is 27.2 Å². The Morgan fingerprint density at radius 2 is 1.30 bits per heavy atom. The predicted octanol–water partition coefficient (Wildman–Crippen LogP) is 14.8. The summed E-state index contributed by atoms with van der Waals surface area (Å²) in [5.41, 5.74) is 1.12. The maximum absolute atomic E-state index is 14.6. The number of rotatable bonds is 17. The molecule has 3 saturated heterocycles. The number of aldehydes is 1. The van der Waals surface area contributed by atoms with Crippen molar-refractivity contribution >= 4 is 26.5 Å². The minimum atomic E-state index is -2.16. The third kappa shape index (κ3) is 11.6. The van der Waals surface area contributed by atoms with Crippen LogP contribution in [0.15, 0.2) is 42.0 Å². The number of benzene rings is 1. The Labute approximate surface area is 502 Å². The van der Waals surface area contributed by atoms with E-state index in [9.17, 15) is 9.59 Å². The Morgan fingerprint density at radius 3 is 1.90 bits per heavy atom. The van der Waals surface area contributed by atoms with Gasteiger partial charge in [-0.2, -0.15) is 9.59 Å². The van der Waals surface area contributed by atoms with E-state index in [0.717, 1.165) is 75.9 Å². The molecule has 10 unspecified atom stereocenters. The summed E-state index contributed by atoms with van der Waals surface area (Å²) in [4.78, 5) is 45.0. The van der Waals surface area contributed by atoms with Crippen LogP contribution in [-0.2, 0) is 63.2 Å². The number of ketones is 1. The van der Waals surface area contributed by atoms with E-state index in [0.29, 0.717) is 36.4 Å². The molecule has 7 fully saturated rings. The number of ether oxygens (including phenoxy) is 7. The fraction of sp³-hybridized carbons (Fsp3) is 0.843. The number of carbonyl (C=O) groups is 2. The van der Waals surface area contributed by atoms with Crippen molar-refractivity contribution in [3.05, 3.63) is 47.5 Å². The Hall–Kier alpha value is -2.42. The molecule has 8 aliphatic rings. The third-order valence-corrected chi connectivity index (χ3v) is 30.7. The molecule has 0 bridgehead atoms. The summed E-state index contributed by atoms with van der Waals surface area (Å²) in [6.45, 7) is 41.6. The minimum Gasteiger partial charge on any atom is -0.408 e. The number of fused-ring (bicyclic) bond motifs is 7. The first-order valence-corrected chi connectivity index (χ1v) is 35.5. The molecule has 0 radical (unpaired) electrons. The van der Waals surface area contributed by atoms with E-state index in [4.69, 9.17) is 47.2 Å². The molecule has 1 aromatic rings. The van der Waals surface area contributed by atoms with Crippen LogP contribution >= 0.6 is 0 Å². The second kappa shape index (κ2) is 25.6. The number of carbonyl (C=O) groups excluding carboxylic acids is 4. The molecule has 0 aromatic heterocycles. The standard InChI is InChI=1S/C69H112O10Si.CO2/c1-20-52-43(7)44(8)59(79-80(21-2,22-3)23-4)62(74-52)78-60-58(77-61-45(9)41(5)42(6)47(11)73-61)46(10)53(37-49-27-25-24-26-28-49)75-63(60)76-56-32-33-65(15)54(66(56,16)40-70)31-34-67(17)55(65)30-29-50-51-38-64(13,14)35-36-69(51,48(12)71)57(72-19)39-68(50,67)18;2-1-3/h24-29,40-47,51-63H,20-23,30-39H2,1-19H3;/t41?,42-,43-,44+,45?,46-,47+,51?,52?,53?,54-,55?,56+,57?,58+,59?,60?,61+,62+,63+,65?,66-,67+,68-,69-;/m1./s1. The molecule has 83 heavy (non-hydrogen) atoms. The van der Waals surface area contributed by atoms with E-state index >= 15 is 0 Å². The number of hydrogen-bond donors (Lipinski definition) is 0. The van der Waals surface area contributed by atoms with E-state index in [-0.39, 0.29) is 93.8 Å². The van der Waals surface area contributed by atoms with Crippen molar-refractivity contribution in [3.63, 3.8) is 0 Å². The van der Waals surface area contributed by atoms with Gasteiger partial charge in [-0.1, -0.05) is 153 Å². The van der Waals surface area contributed by atoms with Crippen LogP contribution in [0.1, 0.15) is 194 Å². The van der Waals surface area contributed by atoms with Crippen molar-refractivity contribution in [3.8, 4) is 0 Å². The van der Waals surface area contributed by atoms with Crippen molar-refractivity contribution in [2.45, 2.75) is 281 Å². The van der Waals surface area contributed by atoms with Crippen molar-refractivity contribution in [1.82, 2.24) is 0 Å². The topological polar surface area (TPSA) is 142 Å². The molecule has 0 amide bonds. The van der Waals surface area contributed by atoms with E-state index in [1.54, 1.807) is 0 Å². The molecule has 468 valence electrons. The first kappa shape index (κ1) is 66.5. The van der Waals surface area contributed by atoms with Gasteiger partial charge in [0.2, 0.25) is 0 Å². The first-order chi connectivity index (χ1) is 39.1. The largest absolute Gasteiger partial charge is 0.408 e. The minimum absolute atomic E-state index is 0.0132. The van der Waals surface area contributed by atoms with Crippen LogP contribution in [-0.4, -0.2) is 101 Å². The highest BCUT2D eigenvalue weighted by atomic mass is 28.4. The highest BCUT2D eigenvalue weighted by Gasteiger charge is 2.72. The van der Waals surface area contributed by atoms with Crippen molar-refractivity contribution < 1.29 is 56.8 Å². The molecule has 4 saturated carbocycles. The second-order valence-electron chi connectivity index (χ2n) is 30.0. The van der Waals surface area contributed by atoms with Gasteiger partial charge in [-0.05, 0) is 171 Å². The highest BCUT2D eigenvalue weighted by molar-refractivity contribution is 6.73. The average Bonchev–Trinajstić information content (AvgIpc) is 1.44. The van der Waals surface area contributed by atoms with Gasteiger partial charge < -0.3 is 42.4 Å². The van der Waals surface area contributed by atoms with Gasteiger partial charge in [0.05, 0.1) is 53.6 Å². The van der Waals surface area contributed by atoms with E-state index < -0.39 is 56.3 Å². The van der Waals surface area contributed by atoms with Crippen LogP contribution in [0.25, 0.3) is 0 Å².